The van der Waals surface area contributed by atoms with Crippen LogP contribution in [0.15, 0.2) is 91.0 Å². The number of hydrogen-bond acceptors (Lipinski definition) is 5. The quantitative estimate of drug-likeness (QED) is 0.412. The second-order valence-corrected chi connectivity index (χ2v) is 8.35. The predicted molar refractivity (Wildman–Crippen MR) is 122 cm³/mol. The predicted octanol–water partition coefficient (Wildman–Crippen LogP) is 4.10. The molecule has 7 heteroatoms. The van der Waals surface area contributed by atoms with Crippen molar-refractivity contribution in [2.75, 3.05) is 5.75 Å². The van der Waals surface area contributed by atoms with Crippen molar-refractivity contribution in [1.29, 1.82) is 0 Å². The summed E-state index contributed by atoms with van der Waals surface area (Å²) < 4.78 is -0.482. The molecule has 1 atom stereocenters. The van der Waals surface area contributed by atoms with E-state index in [0.29, 0.717) is 11.6 Å². The second-order valence-electron chi connectivity index (χ2n) is 7.11. The molecule has 0 unspecified atom stereocenters. The van der Waals surface area contributed by atoms with Crippen LogP contribution in [0.5, 0.6) is 0 Å². The molecule has 0 aliphatic heterocycles. The first-order valence-corrected chi connectivity index (χ1v) is 11.0. The number of rotatable bonds is 8. The number of amides is 1. The normalized spacial score (nSPS) is 12.3. The summed E-state index contributed by atoms with van der Waals surface area (Å²) in [5.41, 5.74) is 3.48. The Morgan fingerprint density at radius 1 is 0.903 bits per heavy atom. The Kier molecular flexibility index (Phi) is 6.43. The molecule has 0 saturated carbocycles. The lowest BCUT2D eigenvalue weighted by Crippen LogP contribution is -2.32. The van der Waals surface area contributed by atoms with Crippen LogP contribution < -0.4 is 5.32 Å². The van der Waals surface area contributed by atoms with Gasteiger partial charge in [-0.15, -0.1) is 22.0 Å². The average molecular weight is 430 g/mol. The third kappa shape index (κ3) is 4.51. The molecule has 31 heavy (non-hydrogen) atoms. The van der Waals surface area contributed by atoms with Gasteiger partial charge in [0.05, 0.1) is 4.75 Å². The maximum Gasteiger partial charge on any atom is 0.217 e. The Morgan fingerprint density at radius 2 is 1.39 bits per heavy atom. The molecule has 1 heterocycles. The molecule has 2 N–H and O–H groups in total. The van der Waals surface area contributed by atoms with Crippen LogP contribution >= 0.6 is 11.8 Å². The van der Waals surface area contributed by atoms with Gasteiger partial charge in [-0.3, -0.25) is 4.79 Å². The van der Waals surface area contributed by atoms with E-state index in [1.165, 1.54) is 6.92 Å². The first kappa shape index (κ1) is 20.8. The molecule has 0 bridgehead atoms. The Bertz CT molecular complexity index is 992. The number of thioether (sulfide) groups is 1. The van der Waals surface area contributed by atoms with Gasteiger partial charge in [0, 0.05) is 12.7 Å². The standard InChI is InChI=1S/C24H23N5OS/c1-18(30)25-22(23-26-28-29-27-23)17-31-24(19-11-5-2-6-12-19,20-13-7-3-8-14-20)21-15-9-4-10-16-21/h2-16,22H,17H2,1H3,(H,25,30)(H,26,27,28,29)/t22-/m0/s1. The third-order valence-corrected chi connectivity index (χ3v) is 6.70. The minimum absolute atomic E-state index is 0.139. The lowest BCUT2D eigenvalue weighted by molar-refractivity contribution is -0.119. The lowest BCUT2D eigenvalue weighted by atomic mass is 9.84. The number of H-pyrrole nitrogens is 1. The number of nitrogens with one attached hydrogen (secondary N) is 2. The zero-order valence-electron chi connectivity index (χ0n) is 17.1. The topological polar surface area (TPSA) is 83.6 Å². The highest BCUT2D eigenvalue weighted by molar-refractivity contribution is 8.00. The zero-order chi connectivity index (χ0) is 21.5. The van der Waals surface area contributed by atoms with E-state index in [1.807, 2.05) is 18.2 Å². The van der Waals surface area contributed by atoms with Gasteiger partial charge in [0.2, 0.25) is 5.91 Å². The smallest absolute Gasteiger partial charge is 0.217 e. The van der Waals surface area contributed by atoms with E-state index in [9.17, 15) is 4.79 Å². The molecule has 0 aliphatic carbocycles. The van der Waals surface area contributed by atoms with Crippen LogP contribution in [0.1, 0.15) is 35.5 Å². The first-order chi connectivity index (χ1) is 15.2. The summed E-state index contributed by atoms with van der Waals surface area (Å²) in [6.45, 7) is 1.50. The molecule has 3 aromatic carbocycles. The maximum absolute atomic E-state index is 11.9. The average Bonchev–Trinajstić information content (AvgIpc) is 3.36. The minimum Gasteiger partial charge on any atom is -0.345 e. The van der Waals surface area contributed by atoms with Crippen molar-refractivity contribution in [2.45, 2.75) is 17.7 Å². The third-order valence-electron chi connectivity index (χ3n) is 5.06. The number of carbonyl (C=O) groups is 1. The number of nitrogens with zero attached hydrogens (tertiary/aromatic N) is 3. The van der Waals surface area contributed by atoms with E-state index in [1.54, 1.807) is 11.8 Å². The van der Waals surface area contributed by atoms with Gasteiger partial charge in [0.15, 0.2) is 5.82 Å². The molecular formula is C24H23N5OS. The van der Waals surface area contributed by atoms with Gasteiger partial charge in [-0.05, 0) is 16.7 Å². The molecule has 6 nitrogen and oxygen atoms in total. The highest BCUT2D eigenvalue weighted by atomic mass is 32.2. The van der Waals surface area contributed by atoms with E-state index in [4.69, 9.17) is 0 Å². The number of aromatic amines is 1. The van der Waals surface area contributed by atoms with Gasteiger partial charge in [0.1, 0.15) is 6.04 Å². The van der Waals surface area contributed by atoms with Crippen LogP contribution in [0.4, 0.5) is 0 Å². The molecule has 0 saturated heterocycles. The molecule has 0 spiro atoms. The van der Waals surface area contributed by atoms with Crippen molar-refractivity contribution >= 4 is 17.7 Å². The highest BCUT2D eigenvalue weighted by Gasteiger charge is 2.38. The van der Waals surface area contributed by atoms with E-state index < -0.39 is 4.75 Å². The van der Waals surface area contributed by atoms with Crippen LogP contribution in [-0.4, -0.2) is 32.3 Å². The second kappa shape index (κ2) is 9.57. The number of tetrazole rings is 1. The van der Waals surface area contributed by atoms with E-state index >= 15 is 0 Å². The summed E-state index contributed by atoms with van der Waals surface area (Å²) in [6, 6.07) is 30.9. The monoisotopic (exact) mass is 429 g/mol. The van der Waals surface area contributed by atoms with E-state index in [-0.39, 0.29) is 11.9 Å². The SMILES string of the molecule is CC(=O)N[C@@H](CSC(c1ccccc1)(c1ccccc1)c1ccccc1)c1nn[nH]n1. The lowest BCUT2D eigenvalue weighted by Gasteiger charge is -2.36. The van der Waals surface area contributed by atoms with Crippen molar-refractivity contribution in [3.8, 4) is 0 Å². The molecule has 0 fully saturated rings. The van der Waals surface area contributed by atoms with E-state index in [2.05, 4.69) is 98.7 Å². The summed E-state index contributed by atoms with van der Waals surface area (Å²) in [5, 5.41) is 17.3. The molecule has 4 aromatic rings. The molecule has 4 rings (SSSR count). The molecule has 1 aromatic heterocycles. The van der Waals surface area contributed by atoms with Crippen LogP contribution in [0, 0.1) is 0 Å². The number of aromatic nitrogens is 4. The molecule has 1 amide bonds. The van der Waals surface area contributed by atoms with Gasteiger partial charge >= 0.3 is 0 Å². The van der Waals surface area contributed by atoms with Gasteiger partial charge in [-0.2, -0.15) is 5.21 Å². The van der Waals surface area contributed by atoms with Crippen LogP contribution in [-0.2, 0) is 9.54 Å². The van der Waals surface area contributed by atoms with E-state index in [0.717, 1.165) is 16.7 Å². The zero-order valence-corrected chi connectivity index (χ0v) is 17.9. The van der Waals surface area contributed by atoms with Gasteiger partial charge in [-0.1, -0.05) is 96.2 Å². The Labute approximate surface area is 185 Å². The van der Waals surface area contributed by atoms with Crippen molar-refractivity contribution in [3.63, 3.8) is 0 Å². The highest BCUT2D eigenvalue weighted by Crippen LogP contribution is 2.49. The Morgan fingerprint density at radius 3 is 1.77 bits per heavy atom. The summed E-state index contributed by atoms with van der Waals surface area (Å²) in [6.07, 6.45) is 0. The van der Waals surface area contributed by atoms with Crippen LogP contribution in [0.25, 0.3) is 0 Å². The Balaban J connectivity index is 1.83. The fourth-order valence-corrected chi connectivity index (χ4v) is 5.28. The largest absolute Gasteiger partial charge is 0.345 e. The van der Waals surface area contributed by atoms with Gasteiger partial charge < -0.3 is 5.32 Å². The van der Waals surface area contributed by atoms with Crippen LogP contribution in [0.2, 0.25) is 0 Å². The number of benzene rings is 3. The van der Waals surface area contributed by atoms with Crippen molar-refractivity contribution in [1.82, 2.24) is 25.9 Å². The molecule has 0 radical (unpaired) electrons. The van der Waals surface area contributed by atoms with Crippen molar-refractivity contribution in [2.24, 2.45) is 0 Å². The van der Waals surface area contributed by atoms with Crippen LogP contribution in [0.3, 0.4) is 0 Å². The molecular weight excluding hydrogens is 406 g/mol. The maximum atomic E-state index is 11.9. The summed E-state index contributed by atoms with van der Waals surface area (Å²) >= 11 is 1.74. The van der Waals surface area contributed by atoms with Crippen molar-refractivity contribution in [3.05, 3.63) is 114 Å². The summed E-state index contributed by atoms with van der Waals surface area (Å²) in [5.74, 6) is 0.878. The summed E-state index contributed by atoms with van der Waals surface area (Å²) in [7, 11) is 0. The number of carbonyl (C=O) groups excluding carboxylic acids is 1. The van der Waals surface area contributed by atoms with Gasteiger partial charge in [-0.25, -0.2) is 0 Å². The minimum atomic E-state index is -0.482. The molecule has 156 valence electrons. The fraction of sp³-hybridized carbons (Fsp3) is 0.167. The molecule has 0 aliphatic rings. The number of hydrogen-bond donors (Lipinski definition) is 2. The van der Waals surface area contributed by atoms with Gasteiger partial charge in [0.25, 0.3) is 0 Å². The fourth-order valence-electron chi connectivity index (χ4n) is 3.72. The first-order valence-electron chi connectivity index (χ1n) is 10.0. The summed E-state index contributed by atoms with van der Waals surface area (Å²) in [4.78, 5) is 11.9. The van der Waals surface area contributed by atoms with Crippen molar-refractivity contribution < 1.29 is 4.79 Å². The Hall–Kier alpha value is -3.45.